The number of benzene rings is 1. The Morgan fingerprint density at radius 3 is 2.75 bits per heavy atom. The van der Waals surface area contributed by atoms with Gasteiger partial charge in [-0.25, -0.2) is 0 Å². The smallest absolute Gasteiger partial charge is 0.220 e. The number of rotatable bonds is 6. The number of carbonyl (C=O) groups excluding carboxylic acids is 1. The molecule has 0 radical (unpaired) electrons. The van der Waals surface area contributed by atoms with Crippen LogP contribution in [0.25, 0.3) is 0 Å². The van der Waals surface area contributed by atoms with Gasteiger partial charge in [-0.3, -0.25) is 4.79 Å². The van der Waals surface area contributed by atoms with Crippen LogP contribution in [0.3, 0.4) is 0 Å². The molecule has 2 rings (SSSR count). The van der Waals surface area contributed by atoms with Crippen LogP contribution in [0.5, 0.6) is 0 Å². The predicted molar refractivity (Wildman–Crippen MR) is 82.8 cm³/mol. The first-order valence-corrected chi connectivity index (χ1v) is 7.76. The van der Waals surface area contributed by atoms with Crippen LogP contribution in [0.4, 0.5) is 0 Å². The molecule has 20 heavy (non-hydrogen) atoms. The summed E-state index contributed by atoms with van der Waals surface area (Å²) in [6, 6.07) is 6.80. The van der Waals surface area contributed by atoms with Gasteiger partial charge in [-0.05, 0) is 69.3 Å². The lowest BCUT2D eigenvalue weighted by molar-refractivity contribution is -0.121. The van der Waals surface area contributed by atoms with Gasteiger partial charge in [0.2, 0.25) is 5.91 Å². The van der Waals surface area contributed by atoms with Crippen LogP contribution >= 0.6 is 0 Å². The van der Waals surface area contributed by atoms with Gasteiger partial charge in [0, 0.05) is 6.42 Å². The Kier molecular flexibility index (Phi) is 5.60. The van der Waals surface area contributed by atoms with E-state index in [4.69, 9.17) is 0 Å². The molecule has 0 aliphatic heterocycles. The fraction of sp³-hybridized carbons (Fsp3) is 0.588. The monoisotopic (exact) mass is 274 g/mol. The second-order valence-corrected chi connectivity index (χ2v) is 5.73. The third-order valence-corrected chi connectivity index (χ3v) is 4.08. The molecule has 1 atom stereocenters. The molecule has 1 amide bonds. The molecule has 1 unspecified atom stereocenters. The summed E-state index contributed by atoms with van der Waals surface area (Å²) in [5.41, 5.74) is 4.20. The molecular weight excluding hydrogens is 248 g/mol. The molecule has 3 heteroatoms. The number of aryl methyl sites for hydroxylation is 2. The lowest BCUT2D eigenvalue weighted by atomic mass is 9.89. The zero-order valence-electron chi connectivity index (χ0n) is 12.7. The molecular formula is C17H26N2O. The van der Waals surface area contributed by atoms with Gasteiger partial charge >= 0.3 is 0 Å². The van der Waals surface area contributed by atoms with Crippen molar-refractivity contribution in [3.05, 3.63) is 34.9 Å². The van der Waals surface area contributed by atoms with Crippen LogP contribution in [0, 0.1) is 0 Å². The van der Waals surface area contributed by atoms with Crippen molar-refractivity contribution in [1.82, 2.24) is 10.6 Å². The van der Waals surface area contributed by atoms with Gasteiger partial charge < -0.3 is 10.6 Å². The Labute approximate surface area is 122 Å². The van der Waals surface area contributed by atoms with Crippen molar-refractivity contribution in [1.29, 1.82) is 0 Å². The van der Waals surface area contributed by atoms with E-state index in [-0.39, 0.29) is 11.9 Å². The maximum Gasteiger partial charge on any atom is 0.220 e. The summed E-state index contributed by atoms with van der Waals surface area (Å²) < 4.78 is 0. The Balaban J connectivity index is 1.91. The molecule has 0 heterocycles. The van der Waals surface area contributed by atoms with Crippen LogP contribution in [0.1, 0.15) is 55.3 Å². The minimum absolute atomic E-state index is 0.101. The minimum atomic E-state index is 0.101. The second kappa shape index (κ2) is 7.44. The van der Waals surface area contributed by atoms with E-state index >= 15 is 0 Å². The van der Waals surface area contributed by atoms with Gasteiger partial charge in [-0.15, -0.1) is 0 Å². The van der Waals surface area contributed by atoms with Gasteiger partial charge in [0.1, 0.15) is 0 Å². The van der Waals surface area contributed by atoms with E-state index in [1.807, 2.05) is 7.05 Å². The van der Waals surface area contributed by atoms with Crippen molar-refractivity contribution in [3.8, 4) is 0 Å². The van der Waals surface area contributed by atoms with E-state index in [1.165, 1.54) is 42.4 Å². The van der Waals surface area contributed by atoms with Gasteiger partial charge in [0.25, 0.3) is 0 Å². The van der Waals surface area contributed by atoms with Crippen molar-refractivity contribution in [2.24, 2.45) is 0 Å². The lowest BCUT2D eigenvalue weighted by Crippen LogP contribution is -2.27. The van der Waals surface area contributed by atoms with E-state index in [1.54, 1.807) is 0 Å². The van der Waals surface area contributed by atoms with Crippen molar-refractivity contribution in [2.45, 2.75) is 51.5 Å². The average molecular weight is 274 g/mol. The molecule has 1 aromatic carbocycles. The highest BCUT2D eigenvalue weighted by atomic mass is 16.1. The number of hydrogen-bond donors (Lipinski definition) is 2. The van der Waals surface area contributed by atoms with Crippen molar-refractivity contribution in [3.63, 3.8) is 0 Å². The molecule has 1 aromatic rings. The summed E-state index contributed by atoms with van der Waals surface area (Å²) in [6.45, 7) is 2.96. The quantitative estimate of drug-likeness (QED) is 0.783. The number of nitrogens with one attached hydrogen (secondary N) is 2. The van der Waals surface area contributed by atoms with Gasteiger partial charge in [-0.2, -0.15) is 0 Å². The van der Waals surface area contributed by atoms with Crippen molar-refractivity contribution in [2.75, 3.05) is 13.6 Å². The third-order valence-electron chi connectivity index (χ3n) is 4.08. The first-order chi connectivity index (χ1) is 9.70. The van der Waals surface area contributed by atoms with Gasteiger partial charge in [0.05, 0.1) is 6.04 Å². The molecule has 0 aromatic heterocycles. The maximum atomic E-state index is 11.9. The number of carbonyl (C=O) groups is 1. The Hall–Kier alpha value is -1.35. The zero-order valence-corrected chi connectivity index (χ0v) is 12.7. The predicted octanol–water partition coefficient (Wildman–Crippen LogP) is 2.74. The summed E-state index contributed by atoms with van der Waals surface area (Å²) >= 11 is 0. The normalized spacial score (nSPS) is 15.5. The molecule has 2 N–H and O–H groups in total. The van der Waals surface area contributed by atoms with Crippen LogP contribution in [0.15, 0.2) is 18.2 Å². The Morgan fingerprint density at radius 2 is 2.00 bits per heavy atom. The number of fused-ring (bicyclic) bond motifs is 1. The van der Waals surface area contributed by atoms with Crippen LogP contribution in [0.2, 0.25) is 0 Å². The highest BCUT2D eigenvalue weighted by Gasteiger charge is 2.13. The summed E-state index contributed by atoms with van der Waals surface area (Å²) in [4.78, 5) is 11.9. The largest absolute Gasteiger partial charge is 0.350 e. The van der Waals surface area contributed by atoms with Crippen molar-refractivity contribution < 1.29 is 4.79 Å². The molecule has 0 saturated carbocycles. The summed E-state index contributed by atoms with van der Waals surface area (Å²) in [5, 5.41) is 6.16. The first kappa shape index (κ1) is 15.0. The highest BCUT2D eigenvalue weighted by molar-refractivity contribution is 5.76. The van der Waals surface area contributed by atoms with Gasteiger partial charge in [0.15, 0.2) is 0 Å². The topological polar surface area (TPSA) is 41.1 Å². The van der Waals surface area contributed by atoms with Crippen LogP contribution < -0.4 is 10.6 Å². The molecule has 0 saturated heterocycles. The third kappa shape index (κ3) is 4.07. The highest BCUT2D eigenvalue weighted by Crippen LogP contribution is 2.24. The van der Waals surface area contributed by atoms with E-state index in [0.717, 1.165) is 13.0 Å². The van der Waals surface area contributed by atoms with Crippen molar-refractivity contribution >= 4 is 5.91 Å². The summed E-state index contributed by atoms with van der Waals surface area (Å²) in [6.07, 6.45) is 6.48. The molecule has 0 fully saturated rings. The van der Waals surface area contributed by atoms with E-state index in [9.17, 15) is 4.79 Å². The molecule has 110 valence electrons. The summed E-state index contributed by atoms with van der Waals surface area (Å²) in [5.74, 6) is 0.144. The molecule has 1 aliphatic carbocycles. The van der Waals surface area contributed by atoms with E-state index in [0.29, 0.717) is 6.42 Å². The molecule has 3 nitrogen and oxygen atoms in total. The maximum absolute atomic E-state index is 11.9. The molecule has 0 bridgehead atoms. The zero-order chi connectivity index (χ0) is 14.4. The first-order valence-electron chi connectivity index (χ1n) is 7.76. The fourth-order valence-electron chi connectivity index (χ4n) is 2.85. The van der Waals surface area contributed by atoms with Crippen LogP contribution in [-0.4, -0.2) is 19.5 Å². The molecule has 1 aliphatic rings. The van der Waals surface area contributed by atoms with Crippen LogP contribution in [-0.2, 0) is 17.6 Å². The van der Waals surface area contributed by atoms with E-state index < -0.39 is 0 Å². The number of hydrogen-bond acceptors (Lipinski definition) is 2. The second-order valence-electron chi connectivity index (χ2n) is 5.73. The summed E-state index contributed by atoms with van der Waals surface area (Å²) in [7, 11) is 1.91. The Morgan fingerprint density at radius 1 is 1.25 bits per heavy atom. The molecule has 0 spiro atoms. The van der Waals surface area contributed by atoms with E-state index in [2.05, 4.69) is 35.8 Å². The minimum Gasteiger partial charge on any atom is -0.350 e. The van der Waals surface area contributed by atoms with Gasteiger partial charge in [-0.1, -0.05) is 18.2 Å². The Bertz CT molecular complexity index is 456. The average Bonchev–Trinajstić information content (AvgIpc) is 2.47. The SMILES string of the molecule is CNCCCC(=O)NC(C)c1ccc2c(c1)CCCC2. The standard InChI is InChI=1S/C17H26N2O/c1-13(19-17(20)8-5-11-18-2)15-10-9-14-6-3-4-7-16(14)12-15/h9-10,12-13,18H,3-8,11H2,1-2H3,(H,19,20). The number of amides is 1. The lowest BCUT2D eigenvalue weighted by Gasteiger charge is -2.20. The fourth-order valence-corrected chi connectivity index (χ4v) is 2.85.